The molecule has 0 amide bonds. The third kappa shape index (κ3) is 3.43. The molecule has 2 aromatic carbocycles. The second-order valence-electron chi connectivity index (χ2n) is 3.90. The molecule has 112 valence electrons. The number of benzene rings is 2. The summed E-state index contributed by atoms with van der Waals surface area (Å²) < 4.78 is 65.7. The van der Waals surface area contributed by atoms with Gasteiger partial charge >= 0.3 is 0 Å². The van der Waals surface area contributed by atoms with E-state index in [4.69, 9.17) is 11.6 Å². The maximum atomic E-state index is 13.8. The second kappa shape index (κ2) is 6.01. The van der Waals surface area contributed by atoms with Gasteiger partial charge in [-0.15, -0.1) is 0 Å². The van der Waals surface area contributed by atoms with Crippen molar-refractivity contribution >= 4 is 49.9 Å². The van der Waals surface area contributed by atoms with Gasteiger partial charge in [-0.25, -0.2) is 21.6 Å². The molecule has 0 spiro atoms. The minimum atomic E-state index is -4.17. The Hall–Kier alpha value is -1.00. The fraction of sp³-hybridized carbons (Fsp3) is 0. The van der Waals surface area contributed by atoms with Crippen LogP contribution in [0, 0.1) is 21.0 Å². The first kappa shape index (κ1) is 16.4. The van der Waals surface area contributed by atoms with E-state index in [1.54, 1.807) is 0 Å². The molecule has 0 atom stereocenters. The van der Waals surface area contributed by atoms with Gasteiger partial charge in [0.1, 0.15) is 11.6 Å². The molecule has 0 saturated carbocycles. The largest absolute Gasteiger partial charge is 0.277 e. The first-order chi connectivity index (χ1) is 9.72. The Labute approximate surface area is 137 Å². The highest BCUT2D eigenvalue weighted by Gasteiger charge is 2.20. The van der Waals surface area contributed by atoms with E-state index in [1.807, 2.05) is 4.72 Å². The van der Waals surface area contributed by atoms with E-state index in [-0.39, 0.29) is 13.5 Å². The zero-order valence-electron chi connectivity index (χ0n) is 10.0. The summed E-state index contributed by atoms with van der Waals surface area (Å²) >= 11 is 6.92. The number of nitrogens with one attached hydrogen (secondary N) is 1. The highest BCUT2D eigenvalue weighted by Crippen LogP contribution is 2.26. The minimum Gasteiger partial charge on any atom is -0.277 e. The Morgan fingerprint density at radius 1 is 1.05 bits per heavy atom. The average Bonchev–Trinajstić information content (AvgIpc) is 2.42. The van der Waals surface area contributed by atoms with Crippen LogP contribution in [0.2, 0.25) is 5.02 Å². The van der Waals surface area contributed by atoms with Gasteiger partial charge in [-0.3, -0.25) is 4.72 Å². The van der Waals surface area contributed by atoms with Crippen molar-refractivity contribution in [2.75, 3.05) is 4.72 Å². The average molecular weight is 448 g/mol. The Kier molecular flexibility index (Phi) is 4.69. The monoisotopic (exact) mass is 447 g/mol. The van der Waals surface area contributed by atoms with Gasteiger partial charge in [0, 0.05) is 0 Å². The van der Waals surface area contributed by atoms with Gasteiger partial charge in [-0.2, -0.15) is 0 Å². The van der Waals surface area contributed by atoms with Crippen molar-refractivity contribution in [3.05, 3.63) is 56.4 Å². The Bertz CT molecular complexity index is 814. The summed E-state index contributed by atoms with van der Waals surface area (Å²) in [7, 11) is -4.17. The van der Waals surface area contributed by atoms with Crippen LogP contribution >= 0.6 is 34.2 Å². The van der Waals surface area contributed by atoms with Gasteiger partial charge in [0.25, 0.3) is 10.0 Å². The van der Waals surface area contributed by atoms with Gasteiger partial charge in [0.05, 0.1) is 19.2 Å². The molecule has 9 heteroatoms. The quantitative estimate of drug-likeness (QED) is 0.567. The summed E-state index contributed by atoms with van der Waals surface area (Å²) in [6, 6.07) is 4.64. The van der Waals surface area contributed by atoms with Crippen LogP contribution in [0.25, 0.3) is 0 Å². The predicted octanol–water partition coefficient (Wildman–Crippen LogP) is 4.16. The zero-order chi connectivity index (χ0) is 15.8. The molecule has 2 rings (SSSR count). The predicted molar refractivity (Wildman–Crippen MR) is 81.3 cm³/mol. The first-order valence-corrected chi connectivity index (χ1v) is 8.28. The van der Waals surface area contributed by atoms with Crippen LogP contribution in [0.5, 0.6) is 0 Å². The highest BCUT2D eigenvalue weighted by molar-refractivity contribution is 14.1. The van der Waals surface area contributed by atoms with E-state index in [2.05, 4.69) is 0 Å². The van der Waals surface area contributed by atoms with Crippen molar-refractivity contribution < 1.29 is 21.6 Å². The smallest absolute Gasteiger partial charge is 0.262 e. The number of halogens is 5. The third-order valence-electron chi connectivity index (χ3n) is 2.48. The number of anilines is 1. The molecule has 0 aliphatic rings. The summed E-state index contributed by atoms with van der Waals surface area (Å²) in [5.74, 6) is -2.62. The second-order valence-corrected chi connectivity index (χ2v) is 7.07. The maximum Gasteiger partial charge on any atom is 0.262 e. The molecule has 0 aliphatic heterocycles. The standard InChI is InChI=1S/C12H6ClF3INO2S/c13-7-5-6(1-2-8(7)14)21(19,20)18-10-4-3-9(15)12(17)11(10)16/h1-5,18H. The molecular weight excluding hydrogens is 442 g/mol. The van der Waals surface area contributed by atoms with Gasteiger partial charge in [-0.1, -0.05) is 11.6 Å². The van der Waals surface area contributed by atoms with Crippen molar-refractivity contribution in [3.63, 3.8) is 0 Å². The molecule has 0 fully saturated rings. The molecule has 0 aromatic heterocycles. The third-order valence-corrected chi connectivity index (χ3v) is 5.12. The first-order valence-electron chi connectivity index (χ1n) is 5.34. The number of sulfonamides is 1. The molecule has 0 heterocycles. The van der Waals surface area contributed by atoms with Crippen molar-refractivity contribution in [1.82, 2.24) is 0 Å². The summed E-state index contributed by atoms with van der Waals surface area (Å²) in [5.41, 5.74) is -0.416. The van der Waals surface area contributed by atoms with Gasteiger partial charge < -0.3 is 0 Å². The Morgan fingerprint density at radius 3 is 2.29 bits per heavy atom. The summed E-state index contributed by atoms with van der Waals surface area (Å²) in [5, 5.41) is -0.382. The van der Waals surface area contributed by atoms with Crippen LogP contribution in [0.15, 0.2) is 35.2 Å². The van der Waals surface area contributed by atoms with Crippen molar-refractivity contribution in [3.8, 4) is 0 Å². The zero-order valence-corrected chi connectivity index (χ0v) is 13.7. The molecule has 21 heavy (non-hydrogen) atoms. The van der Waals surface area contributed by atoms with E-state index in [0.29, 0.717) is 0 Å². The molecule has 0 radical (unpaired) electrons. The molecule has 0 bridgehead atoms. The number of hydrogen-bond acceptors (Lipinski definition) is 2. The van der Waals surface area contributed by atoms with E-state index in [1.165, 1.54) is 22.6 Å². The van der Waals surface area contributed by atoms with E-state index >= 15 is 0 Å². The number of hydrogen-bond donors (Lipinski definition) is 1. The lowest BCUT2D eigenvalue weighted by Gasteiger charge is -2.10. The van der Waals surface area contributed by atoms with E-state index < -0.39 is 33.2 Å². The molecular formula is C12H6ClF3INO2S. The fourth-order valence-corrected chi connectivity index (χ4v) is 3.25. The van der Waals surface area contributed by atoms with Crippen molar-refractivity contribution in [2.24, 2.45) is 0 Å². The molecule has 0 aliphatic carbocycles. The lowest BCUT2D eigenvalue weighted by atomic mass is 10.3. The normalized spacial score (nSPS) is 11.5. The Morgan fingerprint density at radius 2 is 1.67 bits per heavy atom. The van der Waals surface area contributed by atoms with Crippen LogP contribution in [0.1, 0.15) is 0 Å². The fourth-order valence-electron chi connectivity index (χ4n) is 1.45. The van der Waals surface area contributed by atoms with Gasteiger partial charge in [0.2, 0.25) is 0 Å². The molecule has 2 aromatic rings. The lowest BCUT2D eigenvalue weighted by molar-refractivity contribution is 0.571. The molecule has 0 unspecified atom stereocenters. The van der Waals surface area contributed by atoms with Crippen LogP contribution in [0.4, 0.5) is 18.9 Å². The van der Waals surface area contributed by atoms with Gasteiger partial charge in [-0.05, 0) is 52.9 Å². The summed E-state index contributed by atoms with van der Waals surface area (Å²) in [6.45, 7) is 0. The van der Waals surface area contributed by atoms with Crippen molar-refractivity contribution in [1.29, 1.82) is 0 Å². The molecule has 3 nitrogen and oxygen atoms in total. The summed E-state index contributed by atoms with van der Waals surface area (Å²) in [4.78, 5) is -0.340. The van der Waals surface area contributed by atoms with Crippen LogP contribution < -0.4 is 4.72 Å². The number of rotatable bonds is 3. The van der Waals surface area contributed by atoms with Crippen LogP contribution in [-0.4, -0.2) is 8.42 Å². The minimum absolute atomic E-state index is 0.340. The molecule has 0 saturated heterocycles. The maximum absolute atomic E-state index is 13.8. The highest BCUT2D eigenvalue weighted by atomic mass is 127. The summed E-state index contributed by atoms with van der Waals surface area (Å²) in [6.07, 6.45) is 0. The lowest BCUT2D eigenvalue weighted by Crippen LogP contribution is -2.14. The molecule has 1 N–H and O–H groups in total. The van der Waals surface area contributed by atoms with Crippen LogP contribution in [0.3, 0.4) is 0 Å². The van der Waals surface area contributed by atoms with E-state index in [9.17, 15) is 21.6 Å². The van der Waals surface area contributed by atoms with Gasteiger partial charge in [0.15, 0.2) is 5.82 Å². The topological polar surface area (TPSA) is 46.2 Å². The SMILES string of the molecule is O=S(=O)(Nc1ccc(F)c(I)c1F)c1ccc(F)c(Cl)c1. The van der Waals surface area contributed by atoms with Crippen LogP contribution in [-0.2, 0) is 10.0 Å². The van der Waals surface area contributed by atoms with Crippen molar-refractivity contribution in [2.45, 2.75) is 4.90 Å². The van der Waals surface area contributed by atoms with E-state index in [0.717, 1.165) is 30.3 Å². The Balaban J connectivity index is 2.42.